The van der Waals surface area contributed by atoms with Crippen LogP contribution in [0.1, 0.15) is 31.2 Å². The maximum absolute atomic E-state index is 12.5. The Kier molecular flexibility index (Phi) is 5.88. The number of piperidine rings is 1. The van der Waals surface area contributed by atoms with E-state index in [1.54, 1.807) is 0 Å². The van der Waals surface area contributed by atoms with Crippen LogP contribution < -0.4 is 16.4 Å². The number of rotatable bonds is 7. The molecule has 26 heavy (non-hydrogen) atoms. The van der Waals surface area contributed by atoms with Gasteiger partial charge in [0.05, 0.1) is 18.9 Å². The Morgan fingerprint density at radius 3 is 2.50 bits per heavy atom. The van der Waals surface area contributed by atoms with Crippen molar-refractivity contribution in [1.29, 1.82) is 0 Å². The van der Waals surface area contributed by atoms with Crippen molar-refractivity contribution in [1.82, 2.24) is 10.2 Å². The number of hydrogen-bond donors (Lipinski definition) is 3. The van der Waals surface area contributed by atoms with Gasteiger partial charge in [0.1, 0.15) is 0 Å². The molecule has 1 aliphatic heterocycles. The van der Waals surface area contributed by atoms with Gasteiger partial charge in [0.25, 0.3) is 0 Å². The fourth-order valence-corrected chi connectivity index (χ4v) is 3.28. The maximum atomic E-state index is 12.5. The van der Waals surface area contributed by atoms with E-state index in [1.165, 1.54) is 0 Å². The molecule has 1 aliphatic carbocycles. The first kappa shape index (κ1) is 18.4. The molecule has 1 aromatic rings. The van der Waals surface area contributed by atoms with Gasteiger partial charge in [-0.15, -0.1) is 0 Å². The minimum Gasteiger partial charge on any atom is -0.369 e. The summed E-state index contributed by atoms with van der Waals surface area (Å²) in [6.45, 7) is 1.54. The predicted molar refractivity (Wildman–Crippen MR) is 98.3 cm³/mol. The van der Waals surface area contributed by atoms with Crippen molar-refractivity contribution in [2.24, 2.45) is 11.7 Å². The van der Waals surface area contributed by atoms with Crippen LogP contribution in [0.15, 0.2) is 24.3 Å². The molecule has 1 aromatic carbocycles. The second-order valence-corrected chi connectivity index (χ2v) is 7.25. The van der Waals surface area contributed by atoms with Crippen molar-refractivity contribution in [3.8, 4) is 0 Å². The van der Waals surface area contributed by atoms with Gasteiger partial charge in [-0.05, 0) is 49.9 Å². The van der Waals surface area contributed by atoms with Gasteiger partial charge in [0.15, 0.2) is 0 Å². The Hall–Kier alpha value is -2.41. The Bertz CT molecular complexity index is 670. The lowest BCUT2D eigenvalue weighted by atomic mass is 9.97. The minimum atomic E-state index is -0.368. The summed E-state index contributed by atoms with van der Waals surface area (Å²) >= 11 is 0. The molecule has 7 nitrogen and oxygen atoms in total. The molecule has 0 spiro atoms. The molecule has 3 rings (SSSR count). The van der Waals surface area contributed by atoms with Gasteiger partial charge in [0, 0.05) is 18.3 Å². The van der Waals surface area contributed by atoms with Crippen molar-refractivity contribution >= 4 is 23.4 Å². The monoisotopic (exact) mass is 358 g/mol. The second-order valence-electron chi connectivity index (χ2n) is 7.25. The quantitative estimate of drug-likeness (QED) is 0.665. The third kappa shape index (κ3) is 5.56. The number of nitrogens with one attached hydrogen (secondary N) is 2. The van der Waals surface area contributed by atoms with E-state index in [0.717, 1.165) is 37.8 Å². The number of carbonyl (C=O) groups excluding carboxylic acids is 3. The lowest BCUT2D eigenvalue weighted by molar-refractivity contribution is -0.124. The lowest BCUT2D eigenvalue weighted by Gasteiger charge is -2.30. The van der Waals surface area contributed by atoms with E-state index >= 15 is 0 Å². The average molecular weight is 358 g/mol. The highest BCUT2D eigenvalue weighted by Gasteiger charge is 2.26. The number of primary amides is 1. The molecule has 140 valence electrons. The van der Waals surface area contributed by atoms with Gasteiger partial charge in [0.2, 0.25) is 17.7 Å². The molecule has 0 radical (unpaired) electrons. The van der Waals surface area contributed by atoms with Crippen molar-refractivity contribution in [3.63, 3.8) is 0 Å². The summed E-state index contributed by atoms with van der Waals surface area (Å²) in [7, 11) is 0. The number of nitrogens with zero attached hydrogens (tertiary/aromatic N) is 1. The molecule has 2 aliphatic rings. The van der Waals surface area contributed by atoms with E-state index in [0.29, 0.717) is 24.7 Å². The summed E-state index contributed by atoms with van der Waals surface area (Å²) in [5.41, 5.74) is 6.88. The van der Waals surface area contributed by atoms with Crippen LogP contribution in [-0.2, 0) is 20.8 Å². The summed E-state index contributed by atoms with van der Waals surface area (Å²) in [5.74, 6) is -0.515. The Balaban J connectivity index is 1.49. The van der Waals surface area contributed by atoms with E-state index in [9.17, 15) is 14.4 Å². The van der Waals surface area contributed by atoms with E-state index in [1.807, 2.05) is 29.2 Å². The zero-order valence-corrected chi connectivity index (χ0v) is 14.9. The molecule has 1 unspecified atom stereocenters. The zero-order valence-electron chi connectivity index (χ0n) is 14.9. The summed E-state index contributed by atoms with van der Waals surface area (Å²) < 4.78 is 0. The molecule has 1 saturated heterocycles. The number of amides is 3. The average Bonchev–Trinajstić information content (AvgIpc) is 3.40. The van der Waals surface area contributed by atoms with Gasteiger partial charge in [-0.2, -0.15) is 0 Å². The van der Waals surface area contributed by atoms with Gasteiger partial charge < -0.3 is 16.4 Å². The van der Waals surface area contributed by atoms with Crippen molar-refractivity contribution in [2.75, 3.05) is 25.0 Å². The van der Waals surface area contributed by atoms with Gasteiger partial charge in [-0.25, -0.2) is 0 Å². The Morgan fingerprint density at radius 1 is 1.12 bits per heavy atom. The Morgan fingerprint density at radius 2 is 1.85 bits per heavy atom. The number of anilines is 1. The fourth-order valence-electron chi connectivity index (χ4n) is 3.28. The zero-order chi connectivity index (χ0) is 18.5. The van der Waals surface area contributed by atoms with Crippen molar-refractivity contribution < 1.29 is 14.4 Å². The number of likely N-dealkylation sites (tertiary alicyclic amines) is 1. The molecule has 0 aromatic heterocycles. The van der Waals surface area contributed by atoms with Crippen LogP contribution in [0.3, 0.4) is 0 Å². The van der Waals surface area contributed by atoms with Crippen LogP contribution in [0.5, 0.6) is 0 Å². The number of carbonyl (C=O) groups is 3. The summed E-state index contributed by atoms with van der Waals surface area (Å²) in [6, 6.07) is 7.74. The third-order valence-corrected chi connectivity index (χ3v) is 4.78. The highest BCUT2D eigenvalue weighted by Crippen LogP contribution is 2.20. The smallest absolute Gasteiger partial charge is 0.231 e. The van der Waals surface area contributed by atoms with E-state index in [2.05, 4.69) is 10.6 Å². The molecule has 1 heterocycles. The normalized spacial score (nSPS) is 20.4. The largest absolute Gasteiger partial charge is 0.369 e. The second kappa shape index (κ2) is 8.31. The summed E-state index contributed by atoms with van der Waals surface area (Å²) in [4.78, 5) is 37.3. The van der Waals surface area contributed by atoms with Crippen molar-refractivity contribution in [2.45, 2.75) is 38.1 Å². The first-order chi connectivity index (χ1) is 12.5. The molecule has 0 bridgehead atoms. The number of nitrogens with two attached hydrogens (primary N) is 1. The van der Waals surface area contributed by atoms with Gasteiger partial charge in [-0.3, -0.25) is 19.3 Å². The molecule has 1 saturated carbocycles. The molecular weight excluding hydrogens is 332 g/mol. The highest BCUT2D eigenvalue weighted by molar-refractivity contribution is 5.93. The molecular formula is C19H26N4O3. The summed E-state index contributed by atoms with van der Waals surface area (Å²) in [6.07, 6.45) is 4.19. The molecule has 7 heteroatoms. The Labute approximate surface area is 153 Å². The van der Waals surface area contributed by atoms with Crippen LogP contribution in [0.25, 0.3) is 0 Å². The molecule has 3 amide bonds. The standard InChI is InChI=1S/C19H26N4O3/c20-17(24)12-23-9-1-2-14(11-23)19(26)22-16-5-3-13(4-6-16)10-18(25)21-15-7-8-15/h3-6,14-15H,1-2,7-12H2,(H2,20,24)(H,21,25)(H,22,26). The lowest BCUT2D eigenvalue weighted by Crippen LogP contribution is -2.44. The van der Waals surface area contributed by atoms with Crippen LogP contribution >= 0.6 is 0 Å². The summed E-state index contributed by atoms with van der Waals surface area (Å²) in [5, 5.41) is 5.89. The molecule has 2 fully saturated rings. The van der Waals surface area contributed by atoms with Gasteiger partial charge >= 0.3 is 0 Å². The predicted octanol–water partition coefficient (Wildman–Crippen LogP) is 0.643. The minimum absolute atomic E-state index is 0.0426. The SMILES string of the molecule is NC(=O)CN1CCCC(C(=O)Nc2ccc(CC(=O)NC3CC3)cc2)C1. The van der Waals surface area contributed by atoms with Gasteiger partial charge in [-0.1, -0.05) is 12.1 Å². The van der Waals surface area contributed by atoms with Crippen LogP contribution in [0.2, 0.25) is 0 Å². The topological polar surface area (TPSA) is 105 Å². The highest BCUT2D eigenvalue weighted by atomic mass is 16.2. The van der Waals surface area contributed by atoms with Crippen LogP contribution in [-0.4, -0.2) is 48.3 Å². The first-order valence-electron chi connectivity index (χ1n) is 9.19. The molecule has 4 N–H and O–H groups in total. The fraction of sp³-hybridized carbons (Fsp3) is 0.526. The van der Waals surface area contributed by atoms with E-state index in [4.69, 9.17) is 5.73 Å². The maximum Gasteiger partial charge on any atom is 0.231 e. The van der Waals surface area contributed by atoms with Crippen LogP contribution in [0, 0.1) is 5.92 Å². The third-order valence-electron chi connectivity index (χ3n) is 4.78. The number of hydrogen-bond acceptors (Lipinski definition) is 4. The van der Waals surface area contributed by atoms with Crippen LogP contribution in [0.4, 0.5) is 5.69 Å². The number of benzene rings is 1. The van der Waals surface area contributed by atoms with Crippen molar-refractivity contribution in [3.05, 3.63) is 29.8 Å². The first-order valence-corrected chi connectivity index (χ1v) is 9.19. The van der Waals surface area contributed by atoms with E-state index < -0.39 is 0 Å². The van der Waals surface area contributed by atoms with E-state index in [-0.39, 0.29) is 30.2 Å². The molecule has 1 atom stereocenters.